The van der Waals surface area contributed by atoms with Gasteiger partial charge in [-0.1, -0.05) is 136 Å². The Kier molecular flexibility index (Phi) is 36.8. The fourth-order valence-corrected chi connectivity index (χ4v) is 8.80. The summed E-state index contributed by atoms with van der Waals surface area (Å²) in [5.74, 6) is 0.726. The largest absolute Gasteiger partial charge is 0.508 e. The lowest BCUT2D eigenvalue weighted by atomic mass is 9.84. The smallest absolute Gasteiger partial charge is 0.293 e. The molecule has 0 saturated heterocycles. The van der Waals surface area contributed by atoms with Crippen molar-refractivity contribution in [2.75, 3.05) is 53.7 Å². The van der Waals surface area contributed by atoms with E-state index in [-0.39, 0.29) is 17.1 Å². The van der Waals surface area contributed by atoms with Gasteiger partial charge in [0.15, 0.2) is 11.3 Å². The van der Waals surface area contributed by atoms with Crippen LogP contribution in [0.1, 0.15) is 129 Å². The van der Waals surface area contributed by atoms with Gasteiger partial charge in [0.05, 0.1) is 24.5 Å². The van der Waals surface area contributed by atoms with Crippen LogP contribution in [0.25, 0.3) is 33.3 Å². The molecular weight excluding hydrogens is 985 g/mol. The van der Waals surface area contributed by atoms with Crippen LogP contribution in [0.2, 0.25) is 0 Å². The zero-order valence-electron chi connectivity index (χ0n) is 49.8. The Hall–Kier alpha value is -6.26. The molecule has 3 heterocycles. The molecule has 77 heavy (non-hydrogen) atoms. The highest BCUT2D eigenvalue weighted by Crippen LogP contribution is 2.41. The third kappa shape index (κ3) is 23.9. The first kappa shape index (κ1) is 70.7. The summed E-state index contributed by atoms with van der Waals surface area (Å²) in [5.41, 5.74) is 8.31. The Labute approximate surface area is 467 Å². The molecule has 2 aromatic heterocycles. The summed E-state index contributed by atoms with van der Waals surface area (Å²) in [6, 6.07) is 20.6. The lowest BCUT2D eigenvalue weighted by Gasteiger charge is -2.25. The molecule has 0 saturated carbocycles. The molecule has 15 heteroatoms. The summed E-state index contributed by atoms with van der Waals surface area (Å²) >= 11 is 1.34. The summed E-state index contributed by atoms with van der Waals surface area (Å²) < 4.78 is 7.68. The van der Waals surface area contributed by atoms with Gasteiger partial charge in [0, 0.05) is 60.8 Å². The number of carbonyl (C=O) groups excluding carboxylic acids is 4. The van der Waals surface area contributed by atoms with Crippen molar-refractivity contribution in [3.05, 3.63) is 113 Å². The number of hydrazone groups is 1. The van der Waals surface area contributed by atoms with Crippen LogP contribution in [0.15, 0.2) is 96.8 Å². The molecule has 2 atom stereocenters. The molecule has 6 rings (SSSR count). The predicted molar refractivity (Wildman–Crippen MR) is 328 cm³/mol. The summed E-state index contributed by atoms with van der Waals surface area (Å²) in [4.78, 5) is 49.9. The van der Waals surface area contributed by atoms with E-state index < -0.39 is 6.04 Å². The Balaban J connectivity index is 0.00000162. The number of nitrogens with one attached hydrogen (secondary N) is 3. The summed E-state index contributed by atoms with van der Waals surface area (Å²) in [5, 5.41) is 28.4. The van der Waals surface area contributed by atoms with E-state index in [0.717, 1.165) is 77.5 Å². The van der Waals surface area contributed by atoms with Crippen LogP contribution >= 0.6 is 11.3 Å². The van der Waals surface area contributed by atoms with Crippen molar-refractivity contribution in [1.82, 2.24) is 30.1 Å². The molecule has 3 aromatic carbocycles. The van der Waals surface area contributed by atoms with Gasteiger partial charge < -0.3 is 35.3 Å². The standard InChI is InChI=1S/C39H49N5O4.C7H15N.C5H6N2OS.C5H8O.3C2H6/c1-7-43-36-15-14-28(30-18-27(19-31(46)21-30)20-35(40-4)38(47)44-17-11-10-16-41-44)22-33(36)34(23-39(2,3)25-48-26-45)37(43)32-13-9-8-12-29(32)24-42(5)6;1-5-7(8-4)6(2)3;1-6-4-2-7-5(3-8)9-4;1-2-3-4-5-6;3*1-2/h8-9,12-16,18-19,21-22,26,35,40,46H,7,10-11,17,20,23-25H2,1-6H3;5-8H,1H2,2-4H3;2-3,6H,1H3;3-5H,2H2,1H3;3*1-2H3/b;;;4-3+;;;. The number of anilines is 1. The van der Waals surface area contributed by atoms with Gasteiger partial charge >= 0.3 is 0 Å². The average molecular weight is 1080 g/mol. The molecule has 1 amide bonds. The zero-order chi connectivity index (χ0) is 58.5. The number of phenols is 1. The first-order valence-electron chi connectivity index (χ1n) is 27.3. The van der Waals surface area contributed by atoms with Crippen molar-refractivity contribution < 1.29 is 29.0 Å². The minimum atomic E-state index is -0.469. The van der Waals surface area contributed by atoms with E-state index in [2.05, 4.69) is 139 Å². The number of phenolic OH excluding ortho intramolecular Hbond substituents is 1. The van der Waals surface area contributed by atoms with E-state index in [1.165, 1.54) is 44.8 Å². The van der Waals surface area contributed by atoms with Gasteiger partial charge in [-0.05, 0) is 131 Å². The monoisotopic (exact) mass is 1080 g/mol. The number of rotatable bonds is 21. The summed E-state index contributed by atoms with van der Waals surface area (Å²) in [6.07, 6.45) is 14.0. The quantitative estimate of drug-likeness (QED) is 0.0313. The maximum absolute atomic E-state index is 13.3. The average Bonchev–Trinajstić information content (AvgIpc) is 4.06. The van der Waals surface area contributed by atoms with E-state index in [1.54, 1.807) is 38.6 Å². The number of aldehydes is 2. The van der Waals surface area contributed by atoms with Gasteiger partial charge in [-0.2, -0.15) is 5.10 Å². The van der Waals surface area contributed by atoms with Crippen LogP contribution in [0.3, 0.4) is 0 Å². The van der Waals surface area contributed by atoms with E-state index in [9.17, 15) is 24.3 Å². The van der Waals surface area contributed by atoms with Crippen LogP contribution in [0, 0.1) is 11.3 Å². The van der Waals surface area contributed by atoms with Crippen LogP contribution < -0.4 is 16.0 Å². The van der Waals surface area contributed by atoms with Crippen molar-refractivity contribution in [1.29, 1.82) is 0 Å². The molecule has 14 nitrogen and oxygen atoms in total. The van der Waals surface area contributed by atoms with Crippen molar-refractivity contribution in [2.24, 2.45) is 16.4 Å². The maximum Gasteiger partial charge on any atom is 0.293 e. The number of benzene rings is 3. The molecule has 5 aromatic rings. The number of fused-ring (bicyclic) bond motifs is 1. The second-order valence-electron chi connectivity index (χ2n) is 18.5. The highest BCUT2D eigenvalue weighted by Gasteiger charge is 2.28. The number of aryl methyl sites for hydroxylation is 1. The van der Waals surface area contributed by atoms with Crippen molar-refractivity contribution in [3.63, 3.8) is 0 Å². The van der Waals surface area contributed by atoms with Gasteiger partial charge in [0.25, 0.3) is 12.4 Å². The fraction of sp³-hybridized carbons (Fsp3) is 0.484. The molecule has 0 bridgehead atoms. The normalized spacial score (nSPS) is 12.3. The number of ether oxygens (including phenoxy) is 1. The van der Waals surface area contributed by atoms with E-state index in [1.807, 2.05) is 67.7 Å². The molecule has 1 aliphatic rings. The number of carbonyl (C=O) groups is 4. The van der Waals surface area contributed by atoms with Gasteiger partial charge in [0.2, 0.25) is 0 Å². The highest BCUT2D eigenvalue weighted by atomic mass is 32.1. The van der Waals surface area contributed by atoms with E-state index in [4.69, 9.17) is 4.74 Å². The minimum absolute atomic E-state index is 0.0754. The van der Waals surface area contributed by atoms with Crippen LogP contribution in [-0.4, -0.2) is 116 Å². The molecule has 2 unspecified atom stereocenters. The maximum atomic E-state index is 13.3. The number of aromatic nitrogens is 2. The number of allylic oxidation sites excluding steroid dienone is 2. The second-order valence-corrected chi connectivity index (χ2v) is 19.5. The molecule has 1 aliphatic heterocycles. The lowest BCUT2D eigenvalue weighted by Crippen LogP contribution is -2.45. The van der Waals surface area contributed by atoms with Crippen molar-refractivity contribution in [2.45, 2.75) is 140 Å². The zero-order valence-corrected chi connectivity index (χ0v) is 50.6. The SMILES string of the molecule is C=CC(NC)C(C)C.CC.CC.CC.CC/C=C/C=O.CCn1c(-c2ccccc2CN(C)C)c(CC(C)(C)COC=O)c2cc(-c3cc(O)cc(CC(NC)C(=O)N4CCCC=N4)c3)ccc21.CNc1cnc(C=O)s1. The topological polar surface area (TPSA) is 170 Å². The molecule has 426 valence electrons. The number of likely N-dealkylation sites (N-methyl/N-ethyl adjacent to an activating group) is 2. The number of hydrogen-bond donors (Lipinski definition) is 4. The molecule has 0 spiro atoms. The van der Waals surface area contributed by atoms with Gasteiger partial charge in [0.1, 0.15) is 17.0 Å². The summed E-state index contributed by atoms with van der Waals surface area (Å²) in [6.45, 7) is 31.5. The first-order chi connectivity index (χ1) is 37.0. The Morgan fingerprint density at radius 1 is 0.948 bits per heavy atom. The van der Waals surface area contributed by atoms with Gasteiger partial charge in [-0.25, -0.2) is 9.99 Å². The van der Waals surface area contributed by atoms with Gasteiger partial charge in [-0.15, -0.1) is 6.58 Å². The van der Waals surface area contributed by atoms with E-state index in [0.29, 0.717) is 49.4 Å². The number of amides is 1. The van der Waals surface area contributed by atoms with Crippen LogP contribution in [0.4, 0.5) is 5.00 Å². The third-order valence-corrected chi connectivity index (χ3v) is 12.6. The van der Waals surface area contributed by atoms with Gasteiger partial charge in [-0.3, -0.25) is 19.2 Å². The second kappa shape index (κ2) is 40.0. The minimum Gasteiger partial charge on any atom is -0.508 e. The Morgan fingerprint density at radius 3 is 2.12 bits per heavy atom. The lowest BCUT2D eigenvalue weighted by molar-refractivity contribution is -0.133. The number of aromatic hydroxyl groups is 1. The summed E-state index contributed by atoms with van der Waals surface area (Å²) in [7, 11) is 9.69. The Bertz CT molecular complexity index is 2530. The van der Waals surface area contributed by atoms with E-state index >= 15 is 0 Å². The highest BCUT2D eigenvalue weighted by molar-refractivity contribution is 7.17. The van der Waals surface area contributed by atoms with Crippen molar-refractivity contribution >= 4 is 58.4 Å². The van der Waals surface area contributed by atoms with Crippen LogP contribution in [0.5, 0.6) is 5.75 Å². The molecule has 0 fully saturated rings. The molecule has 0 radical (unpaired) electrons. The molecular formula is C62H96N8O6S. The van der Waals surface area contributed by atoms with Crippen LogP contribution in [-0.2, 0) is 45.1 Å². The molecule has 4 N–H and O–H groups in total. The molecule has 0 aliphatic carbocycles. The number of hydrogen-bond acceptors (Lipinski definition) is 13. The number of thiazole rings is 1. The Morgan fingerprint density at radius 2 is 1.64 bits per heavy atom. The predicted octanol–water partition coefficient (Wildman–Crippen LogP) is 12.9. The third-order valence-electron chi connectivity index (χ3n) is 11.6. The fourth-order valence-electron chi connectivity index (χ4n) is 8.21. The van der Waals surface area contributed by atoms with Crippen molar-refractivity contribution in [3.8, 4) is 28.1 Å². The first-order valence-corrected chi connectivity index (χ1v) is 28.1. The number of nitrogens with zero attached hydrogens (tertiary/aromatic N) is 5.